The molecule has 0 saturated carbocycles. The van der Waals surface area contributed by atoms with Crippen molar-refractivity contribution in [3.63, 3.8) is 0 Å². The summed E-state index contributed by atoms with van der Waals surface area (Å²) in [6, 6.07) is 20.9. The van der Waals surface area contributed by atoms with Crippen LogP contribution in [-0.2, 0) is 0 Å². The Morgan fingerprint density at radius 1 is 0.650 bits per heavy atom. The van der Waals surface area contributed by atoms with Crippen molar-refractivity contribution in [3.05, 3.63) is 71.8 Å². The highest BCUT2D eigenvalue weighted by Crippen LogP contribution is 2.16. The minimum atomic E-state index is 0.162. The van der Waals surface area contributed by atoms with Crippen LogP contribution in [0.15, 0.2) is 70.6 Å². The number of aliphatic imine (C=N–C) groups is 2. The second kappa shape index (κ2) is 7.39. The fourth-order valence-corrected chi connectivity index (χ4v) is 1.97. The van der Waals surface area contributed by atoms with Gasteiger partial charge in [0.1, 0.15) is 0 Å². The molecule has 0 heterocycles. The molecule has 0 aliphatic carbocycles. The van der Waals surface area contributed by atoms with Crippen molar-refractivity contribution < 1.29 is 0 Å². The van der Waals surface area contributed by atoms with Crippen LogP contribution in [0.5, 0.6) is 0 Å². The Balaban J connectivity index is 1.91. The van der Waals surface area contributed by atoms with Crippen LogP contribution < -0.4 is 0 Å². The molecule has 2 atom stereocenters. The SMILES string of the molecule is C[C@H](N=CC=N[C@H](C)c1ccccc1)c1ccccc1. The lowest BCUT2D eigenvalue weighted by Crippen LogP contribution is -1.92. The standard InChI is InChI=1S/C18H20N2/c1-15(17-9-5-3-6-10-17)19-13-14-20-16(2)18-11-7-4-8-12-18/h3-16H,1-2H3/t15-,16+. The van der Waals surface area contributed by atoms with Crippen molar-refractivity contribution in [1.29, 1.82) is 0 Å². The molecule has 0 amide bonds. The van der Waals surface area contributed by atoms with Crippen LogP contribution in [0.2, 0.25) is 0 Å². The van der Waals surface area contributed by atoms with Crippen LogP contribution >= 0.6 is 0 Å². The molecule has 0 bridgehead atoms. The van der Waals surface area contributed by atoms with E-state index in [0.717, 1.165) is 0 Å². The van der Waals surface area contributed by atoms with Crippen LogP contribution in [0.25, 0.3) is 0 Å². The maximum atomic E-state index is 4.49. The molecule has 2 aromatic rings. The van der Waals surface area contributed by atoms with Crippen molar-refractivity contribution in [2.75, 3.05) is 0 Å². The molecule has 20 heavy (non-hydrogen) atoms. The highest BCUT2D eigenvalue weighted by Gasteiger charge is 2.00. The highest BCUT2D eigenvalue weighted by atomic mass is 14.8. The average molecular weight is 264 g/mol. The van der Waals surface area contributed by atoms with Gasteiger partial charge in [-0.05, 0) is 25.0 Å². The van der Waals surface area contributed by atoms with E-state index in [4.69, 9.17) is 0 Å². The Morgan fingerprint density at radius 3 is 1.35 bits per heavy atom. The zero-order valence-electron chi connectivity index (χ0n) is 12.0. The third-order valence-electron chi connectivity index (χ3n) is 3.25. The van der Waals surface area contributed by atoms with Crippen LogP contribution in [0.1, 0.15) is 37.1 Å². The monoisotopic (exact) mass is 264 g/mol. The van der Waals surface area contributed by atoms with Gasteiger partial charge in [0.25, 0.3) is 0 Å². The third-order valence-corrected chi connectivity index (χ3v) is 3.25. The Morgan fingerprint density at radius 2 is 1.00 bits per heavy atom. The summed E-state index contributed by atoms with van der Waals surface area (Å²) >= 11 is 0. The lowest BCUT2D eigenvalue weighted by atomic mass is 10.1. The second-order valence-corrected chi connectivity index (χ2v) is 4.77. The average Bonchev–Trinajstić information content (AvgIpc) is 2.53. The van der Waals surface area contributed by atoms with Crippen molar-refractivity contribution in [1.82, 2.24) is 0 Å². The van der Waals surface area contributed by atoms with Crippen LogP contribution in [0, 0.1) is 0 Å². The maximum absolute atomic E-state index is 4.49. The molecule has 0 unspecified atom stereocenters. The number of benzene rings is 2. The fraction of sp³-hybridized carbons (Fsp3) is 0.222. The zero-order valence-corrected chi connectivity index (χ0v) is 12.0. The van der Waals surface area contributed by atoms with Gasteiger partial charge in [0.05, 0.1) is 12.1 Å². The molecular formula is C18H20N2. The zero-order chi connectivity index (χ0) is 14.2. The van der Waals surface area contributed by atoms with Gasteiger partial charge >= 0.3 is 0 Å². The van der Waals surface area contributed by atoms with Gasteiger partial charge in [-0.3, -0.25) is 9.98 Å². The molecule has 0 fully saturated rings. The van der Waals surface area contributed by atoms with Gasteiger partial charge < -0.3 is 0 Å². The van der Waals surface area contributed by atoms with Crippen molar-refractivity contribution >= 4 is 12.4 Å². The molecule has 0 spiro atoms. The number of hydrogen-bond donors (Lipinski definition) is 0. The summed E-state index contributed by atoms with van der Waals surface area (Å²) in [6.07, 6.45) is 3.58. The highest BCUT2D eigenvalue weighted by molar-refractivity contribution is 6.16. The predicted octanol–water partition coefficient (Wildman–Crippen LogP) is 4.65. The molecule has 102 valence electrons. The van der Waals surface area contributed by atoms with Crippen LogP contribution in [0.3, 0.4) is 0 Å². The van der Waals surface area contributed by atoms with Crippen LogP contribution in [0.4, 0.5) is 0 Å². The smallest absolute Gasteiger partial charge is 0.0721 e. The molecule has 2 heteroatoms. The molecule has 0 saturated heterocycles. The third kappa shape index (κ3) is 4.16. The van der Waals surface area contributed by atoms with Gasteiger partial charge in [-0.15, -0.1) is 0 Å². The van der Waals surface area contributed by atoms with E-state index in [2.05, 4.69) is 48.1 Å². The van der Waals surface area contributed by atoms with Gasteiger partial charge in [0, 0.05) is 12.4 Å². The summed E-state index contributed by atoms with van der Waals surface area (Å²) in [7, 11) is 0. The first kappa shape index (κ1) is 14.2. The van der Waals surface area contributed by atoms with Crippen molar-refractivity contribution in [3.8, 4) is 0 Å². The van der Waals surface area contributed by atoms with E-state index in [1.54, 1.807) is 12.4 Å². The summed E-state index contributed by atoms with van der Waals surface area (Å²) in [6.45, 7) is 4.17. The lowest BCUT2D eigenvalue weighted by Gasteiger charge is -2.06. The first-order valence-corrected chi connectivity index (χ1v) is 6.92. The summed E-state index contributed by atoms with van der Waals surface area (Å²) in [5, 5.41) is 0. The summed E-state index contributed by atoms with van der Waals surface area (Å²) in [5.41, 5.74) is 2.43. The number of hydrogen-bond acceptors (Lipinski definition) is 2. The quantitative estimate of drug-likeness (QED) is 0.702. The van der Waals surface area contributed by atoms with E-state index in [1.807, 2.05) is 36.4 Å². The lowest BCUT2D eigenvalue weighted by molar-refractivity contribution is 0.820. The molecule has 0 aliphatic rings. The Bertz CT molecular complexity index is 505. The van der Waals surface area contributed by atoms with Gasteiger partial charge in [0.2, 0.25) is 0 Å². The maximum Gasteiger partial charge on any atom is 0.0721 e. The molecule has 0 N–H and O–H groups in total. The summed E-state index contributed by atoms with van der Waals surface area (Å²) in [5.74, 6) is 0. The molecule has 0 aliphatic heterocycles. The van der Waals surface area contributed by atoms with E-state index in [-0.39, 0.29) is 12.1 Å². The Kier molecular flexibility index (Phi) is 5.24. The predicted molar refractivity (Wildman–Crippen MR) is 86.7 cm³/mol. The summed E-state index contributed by atoms with van der Waals surface area (Å²) < 4.78 is 0. The second-order valence-electron chi connectivity index (χ2n) is 4.77. The molecule has 2 rings (SSSR count). The first-order valence-electron chi connectivity index (χ1n) is 6.92. The van der Waals surface area contributed by atoms with Gasteiger partial charge in [-0.1, -0.05) is 60.7 Å². The van der Waals surface area contributed by atoms with E-state index >= 15 is 0 Å². The van der Waals surface area contributed by atoms with Crippen LogP contribution in [-0.4, -0.2) is 12.4 Å². The Labute approximate surface area is 120 Å². The fourth-order valence-electron chi connectivity index (χ4n) is 1.97. The van der Waals surface area contributed by atoms with E-state index in [1.165, 1.54) is 11.1 Å². The minimum Gasteiger partial charge on any atom is -0.284 e. The topological polar surface area (TPSA) is 24.7 Å². The minimum absolute atomic E-state index is 0.162. The van der Waals surface area contributed by atoms with Crippen molar-refractivity contribution in [2.45, 2.75) is 25.9 Å². The molecule has 2 nitrogen and oxygen atoms in total. The van der Waals surface area contributed by atoms with Gasteiger partial charge in [0.15, 0.2) is 0 Å². The summed E-state index contributed by atoms with van der Waals surface area (Å²) in [4.78, 5) is 8.97. The number of nitrogens with zero attached hydrogens (tertiary/aromatic N) is 2. The first-order chi connectivity index (χ1) is 9.77. The van der Waals surface area contributed by atoms with E-state index in [0.29, 0.717) is 0 Å². The molecule has 0 radical (unpaired) electrons. The van der Waals surface area contributed by atoms with E-state index < -0.39 is 0 Å². The largest absolute Gasteiger partial charge is 0.284 e. The van der Waals surface area contributed by atoms with E-state index in [9.17, 15) is 0 Å². The molecule has 2 aromatic carbocycles. The molecular weight excluding hydrogens is 244 g/mol. The Hall–Kier alpha value is -2.22. The molecule has 0 aromatic heterocycles. The normalized spacial score (nSPS) is 14.7. The van der Waals surface area contributed by atoms with Gasteiger partial charge in [-0.25, -0.2) is 0 Å². The van der Waals surface area contributed by atoms with Crippen molar-refractivity contribution in [2.24, 2.45) is 9.98 Å². The number of rotatable bonds is 5. The van der Waals surface area contributed by atoms with Gasteiger partial charge in [-0.2, -0.15) is 0 Å².